The highest BCUT2D eigenvalue weighted by Crippen LogP contribution is 2.16. The average molecular weight is 211 g/mol. The van der Waals surface area contributed by atoms with E-state index in [1.54, 1.807) is 12.4 Å². The van der Waals surface area contributed by atoms with E-state index < -0.39 is 0 Å². The summed E-state index contributed by atoms with van der Waals surface area (Å²) in [5.41, 5.74) is 2.81. The van der Waals surface area contributed by atoms with Gasteiger partial charge in [-0.3, -0.25) is 9.97 Å². The minimum atomic E-state index is -0.0589. The molecule has 0 fully saturated rings. The van der Waals surface area contributed by atoms with Crippen LogP contribution < -0.4 is 5.32 Å². The van der Waals surface area contributed by atoms with Gasteiger partial charge in [-0.05, 0) is 24.2 Å². The first-order valence-corrected chi connectivity index (χ1v) is 5.25. The maximum Gasteiger partial charge on any atom is 0.0943 e. The molecular weight excluding hydrogens is 198 g/mol. The van der Waals surface area contributed by atoms with Crippen LogP contribution in [-0.2, 0) is 0 Å². The summed E-state index contributed by atoms with van der Waals surface area (Å²) in [6.07, 6.45) is 8.86. The van der Waals surface area contributed by atoms with Gasteiger partial charge in [0.1, 0.15) is 0 Å². The van der Waals surface area contributed by atoms with E-state index in [0.717, 1.165) is 23.1 Å². The number of terminal acetylenes is 1. The number of nitrogens with one attached hydrogen (secondary N) is 1. The number of aromatic nitrogens is 2. The lowest BCUT2D eigenvalue weighted by molar-refractivity contribution is 0.665. The van der Waals surface area contributed by atoms with Gasteiger partial charge in [0.05, 0.1) is 17.1 Å². The smallest absolute Gasteiger partial charge is 0.0943 e. The average Bonchev–Trinajstić information content (AvgIpc) is 2.35. The van der Waals surface area contributed by atoms with Gasteiger partial charge < -0.3 is 5.32 Å². The molecule has 1 heterocycles. The summed E-state index contributed by atoms with van der Waals surface area (Å²) in [6, 6.07) is 5.86. The van der Waals surface area contributed by atoms with Crippen LogP contribution >= 0.6 is 0 Å². The van der Waals surface area contributed by atoms with E-state index >= 15 is 0 Å². The van der Waals surface area contributed by atoms with Crippen LogP contribution in [0.4, 0.5) is 0 Å². The van der Waals surface area contributed by atoms with E-state index in [1.165, 1.54) is 0 Å². The zero-order valence-corrected chi connectivity index (χ0v) is 9.14. The maximum atomic E-state index is 5.49. The fraction of sp³-hybridized carbons (Fsp3) is 0.231. The summed E-state index contributed by atoms with van der Waals surface area (Å²) in [4.78, 5) is 8.48. The molecule has 1 unspecified atom stereocenters. The zero-order chi connectivity index (χ0) is 11.4. The van der Waals surface area contributed by atoms with Crippen LogP contribution in [0.15, 0.2) is 30.6 Å². The third-order valence-electron chi connectivity index (χ3n) is 2.40. The first-order chi connectivity index (χ1) is 7.85. The summed E-state index contributed by atoms with van der Waals surface area (Å²) < 4.78 is 0. The van der Waals surface area contributed by atoms with Crippen LogP contribution in [0.1, 0.15) is 18.5 Å². The second-order valence-corrected chi connectivity index (χ2v) is 3.46. The van der Waals surface area contributed by atoms with E-state index in [1.807, 2.05) is 25.1 Å². The van der Waals surface area contributed by atoms with Crippen LogP contribution in [0.5, 0.6) is 0 Å². The van der Waals surface area contributed by atoms with Gasteiger partial charge in [0.15, 0.2) is 0 Å². The SMILES string of the molecule is C#CC(NCC)c1ccc2nccnc2c1. The van der Waals surface area contributed by atoms with Crippen molar-refractivity contribution in [3.05, 3.63) is 36.2 Å². The van der Waals surface area contributed by atoms with Crippen molar-refractivity contribution in [1.29, 1.82) is 0 Å². The molecule has 80 valence electrons. The highest BCUT2D eigenvalue weighted by molar-refractivity contribution is 5.74. The molecule has 1 aromatic carbocycles. The van der Waals surface area contributed by atoms with E-state index in [4.69, 9.17) is 6.42 Å². The van der Waals surface area contributed by atoms with Crippen molar-refractivity contribution in [2.45, 2.75) is 13.0 Å². The second kappa shape index (κ2) is 4.73. The molecule has 2 rings (SSSR count). The van der Waals surface area contributed by atoms with Crippen LogP contribution in [0.3, 0.4) is 0 Å². The molecule has 3 nitrogen and oxygen atoms in total. The first-order valence-electron chi connectivity index (χ1n) is 5.25. The van der Waals surface area contributed by atoms with E-state index in [-0.39, 0.29) is 6.04 Å². The van der Waals surface area contributed by atoms with Crippen molar-refractivity contribution in [3.63, 3.8) is 0 Å². The summed E-state index contributed by atoms with van der Waals surface area (Å²) >= 11 is 0. The topological polar surface area (TPSA) is 37.8 Å². The largest absolute Gasteiger partial charge is 0.300 e. The Kier molecular flexibility index (Phi) is 3.13. The van der Waals surface area contributed by atoms with Crippen molar-refractivity contribution < 1.29 is 0 Å². The molecule has 2 aromatic rings. The number of benzene rings is 1. The van der Waals surface area contributed by atoms with Gasteiger partial charge >= 0.3 is 0 Å². The standard InChI is InChI=1S/C13H13N3/c1-3-11(14-4-2)10-5-6-12-13(9-10)16-8-7-15-12/h1,5-9,11,14H,4H2,2H3. The number of fused-ring (bicyclic) bond motifs is 1. The number of nitrogens with zero attached hydrogens (tertiary/aromatic N) is 2. The summed E-state index contributed by atoms with van der Waals surface area (Å²) in [5, 5.41) is 3.23. The molecule has 0 aliphatic rings. The van der Waals surface area contributed by atoms with Crippen LogP contribution in [-0.4, -0.2) is 16.5 Å². The molecule has 1 atom stereocenters. The van der Waals surface area contributed by atoms with Gasteiger partial charge in [0, 0.05) is 12.4 Å². The van der Waals surface area contributed by atoms with Crippen molar-refractivity contribution in [2.75, 3.05) is 6.54 Å². The van der Waals surface area contributed by atoms with Gasteiger partial charge in [-0.1, -0.05) is 18.9 Å². The van der Waals surface area contributed by atoms with E-state index in [0.29, 0.717) is 0 Å². The molecular formula is C13H13N3. The Bertz CT molecular complexity index is 528. The molecule has 0 amide bonds. The van der Waals surface area contributed by atoms with Crippen molar-refractivity contribution >= 4 is 11.0 Å². The third-order valence-corrected chi connectivity index (χ3v) is 2.40. The molecule has 3 heteroatoms. The quantitative estimate of drug-likeness (QED) is 0.788. The molecule has 1 aromatic heterocycles. The summed E-state index contributed by atoms with van der Waals surface area (Å²) in [6.45, 7) is 2.87. The number of rotatable bonds is 3. The monoisotopic (exact) mass is 211 g/mol. The van der Waals surface area contributed by atoms with Crippen molar-refractivity contribution in [1.82, 2.24) is 15.3 Å². The Morgan fingerprint density at radius 3 is 2.75 bits per heavy atom. The fourth-order valence-corrected chi connectivity index (χ4v) is 1.64. The predicted octanol–water partition coefficient (Wildman–Crippen LogP) is 1.91. The van der Waals surface area contributed by atoms with Gasteiger partial charge in [0.25, 0.3) is 0 Å². The molecule has 0 radical (unpaired) electrons. The molecule has 0 saturated heterocycles. The first kappa shape index (κ1) is 10.6. The Hall–Kier alpha value is -1.92. The fourth-order valence-electron chi connectivity index (χ4n) is 1.64. The maximum absolute atomic E-state index is 5.49. The number of hydrogen-bond acceptors (Lipinski definition) is 3. The van der Waals surface area contributed by atoms with Gasteiger partial charge in [-0.2, -0.15) is 0 Å². The molecule has 1 N–H and O–H groups in total. The summed E-state index contributed by atoms with van der Waals surface area (Å²) in [7, 11) is 0. The lowest BCUT2D eigenvalue weighted by atomic mass is 10.1. The predicted molar refractivity (Wildman–Crippen MR) is 64.8 cm³/mol. The third kappa shape index (κ3) is 2.02. The number of hydrogen-bond donors (Lipinski definition) is 1. The Morgan fingerprint density at radius 1 is 1.31 bits per heavy atom. The van der Waals surface area contributed by atoms with Gasteiger partial charge in [0.2, 0.25) is 0 Å². The lowest BCUT2D eigenvalue weighted by Gasteiger charge is -2.11. The summed E-state index contributed by atoms with van der Waals surface area (Å²) in [5.74, 6) is 2.72. The Morgan fingerprint density at radius 2 is 2.06 bits per heavy atom. The Balaban J connectivity index is 2.42. The molecule has 0 aliphatic carbocycles. The molecule has 0 saturated carbocycles. The van der Waals surface area contributed by atoms with Crippen LogP contribution in [0, 0.1) is 12.3 Å². The van der Waals surface area contributed by atoms with Crippen LogP contribution in [0.2, 0.25) is 0 Å². The molecule has 0 spiro atoms. The second-order valence-electron chi connectivity index (χ2n) is 3.46. The minimum Gasteiger partial charge on any atom is -0.300 e. The van der Waals surface area contributed by atoms with Crippen molar-refractivity contribution in [3.8, 4) is 12.3 Å². The highest BCUT2D eigenvalue weighted by atomic mass is 14.9. The lowest BCUT2D eigenvalue weighted by Crippen LogP contribution is -2.19. The Labute approximate surface area is 94.9 Å². The minimum absolute atomic E-state index is 0.0589. The van der Waals surface area contributed by atoms with Gasteiger partial charge in [-0.15, -0.1) is 6.42 Å². The van der Waals surface area contributed by atoms with E-state index in [2.05, 4.69) is 21.2 Å². The van der Waals surface area contributed by atoms with Crippen molar-refractivity contribution in [2.24, 2.45) is 0 Å². The highest BCUT2D eigenvalue weighted by Gasteiger charge is 2.07. The molecule has 0 aliphatic heterocycles. The normalized spacial score (nSPS) is 12.2. The van der Waals surface area contributed by atoms with Gasteiger partial charge in [-0.25, -0.2) is 0 Å². The molecule has 16 heavy (non-hydrogen) atoms. The van der Waals surface area contributed by atoms with Crippen LogP contribution in [0.25, 0.3) is 11.0 Å². The van der Waals surface area contributed by atoms with E-state index in [9.17, 15) is 0 Å². The zero-order valence-electron chi connectivity index (χ0n) is 9.14. The molecule has 0 bridgehead atoms.